The molecule has 0 radical (unpaired) electrons. The van der Waals surface area contributed by atoms with Gasteiger partial charge >= 0.3 is 0 Å². The van der Waals surface area contributed by atoms with E-state index in [2.05, 4.69) is 22.1 Å². The Morgan fingerprint density at radius 1 is 0.583 bits per heavy atom. The number of benzene rings is 2. The molecule has 0 spiro atoms. The summed E-state index contributed by atoms with van der Waals surface area (Å²) < 4.78 is 0. The maximum Gasteiger partial charge on any atom is 0.159 e. The molecule has 0 bridgehead atoms. The first-order valence-electron chi connectivity index (χ1n) is 7.81. The molecule has 2 heterocycles. The fourth-order valence-electron chi connectivity index (χ4n) is 2.63. The van der Waals surface area contributed by atoms with Crippen molar-refractivity contribution in [3.8, 4) is 33.9 Å². The van der Waals surface area contributed by atoms with Gasteiger partial charge in [0.1, 0.15) is 0 Å². The Labute approximate surface area is 140 Å². The van der Waals surface area contributed by atoms with Crippen molar-refractivity contribution >= 4 is 0 Å². The van der Waals surface area contributed by atoms with E-state index in [1.54, 1.807) is 6.20 Å². The molecule has 0 atom stereocenters. The van der Waals surface area contributed by atoms with E-state index >= 15 is 0 Å². The zero-order valence-corrected chi connectivity index (χ0v) is 13.0. The predicted molar refractivity (Wildman–Crippen MR) is 96.1 cm³/mol. The maximum atomic E-state index is 4.84. The Bertz CT molecular complexity index is 936. The smallest absolute Gasteiger partial charge is 0.159 e. The first-order chi connectivity index (χ1) is 11.9. The monoisotopic (exact) mass is 309 g/mol. The summed E-state index contributed by atoms with van der Waals surface area (Å²) in [4.78, 5) is 13.9. The molecule has 3 nitrogen and oxygen atoms in total. The highest BCUT2D eigenvalue weighted by Crippen LogP contribution is 2.30. The summed E-state index contributed by atoms with van der Waals surface area (Å²) in [5.74, 6) is 0.717. The molecule has 114 valence electrons. The molecular weight excluding hydrogens is 294 g/mol. The minimum absolute atomic E-state index is 0.717. The summed E-state index contributed by atoms with van der Waals surface area (Å²) in [6.07, 6.45) is 3.65. The number of pyridine rings is 1. The van der Waals surface area contributed by atoms with Gasteiger partial charge in [-0.25, -0.2) is 9.97 Å². The van der Waals surface area contributed by atoms with E-state index in [9.17, 15) is 0 Å². The molecule has 4 rings (SSSR count). The van der Waals surface area contributed by atoms with Crippen LogP contribution in [0.15, 0.2) is 91.3 Å². The zero-order valence-electron chi connectivity index (χ0n) is 13.0. The van der Waals surface area contributed by atoms with Gasteiger partial charge in [0.15, 0.2) is 5.82 Å². The van der Waals surface area contributed by atoms with E-state index < -0.39 is 0 Å². The van der Waals surface area contributed by atoms with Crippen molar-refractivity contribution in [2.24, 2.45) is 0 Å². The fraction of sp³-hybridized carbons (Fsp3) is 0. The molecule has 0 fully saturated rings. The summed E-state index contributed by atoms with van der Waals surface area (Å²) in [5.41, 5.74) is 4.75. The van der Waals surface area contributed by atoms with Crippen molar-refractivity contribution in [2.45, 2.75) is 0 Å². The van der Waals surface area contributed by atoms with Crippen LogP contribution in [-0.2, 0) is 0 Å². The Morgan fingerprint density at radius 2 is 1.25 bits per heavy atom. The van der Waals surface area contributed by atoms with E-state index in [1.165, 1.54) is 0 Å². The normalized spacial score (nSPS) is 10.5. The van der Waals surface area contributed by atoms with Gasteiger partial charge in [0, 0.05) is 29.1 Å². The summed E-state index contributed by atoms with van der Waals surface area (Å²) in [7, 11) is 0. The lowest BCUT2D eigenvalue weighted by atomic mass is 10.0. The van der Waals surface area contributed by atoms with E-state index in [-0.39, 0.29) is 0 Å². The average molecular weight is 309 g/mol. The van der Waals surface area contributed by atoms with Crippen LogP contribution in [0.2, 0.25) is 0 Å². The molecular formula is C21H15N3. The van der Waals surface area contributed by atoms with E-state index in [0.717, 1.165) is 28.1 Å². The van der Waals surface area contributed by atoms with Crippen molar-refractivity contribution < 1.29 is 0 Å². The van der Waals surface area contributed by atoms with Crippen LogP contribution in [-0.4, -0.2) is 15.0 Å². The number of rotatable bonds is 3. The first-order valence-corrected chi connectivity index (χ1v) is 7.81. The van der Waals surface area contributed by atoms with Crippen molar-refractivity contribution in [1.82, 2.24) is 15.0 Å². The van der Waals surface area contributed by atoms with E-state index in [4.69, 9.17) is 4.98 Å². The lowest BCUT2D eigenvalue weighted by molar-refractivity contribution is 1.17. The fourth-order valence-corrected chi connectivity index (χ4v) is 2.63. The minimum Gasteiger partial charge on any atom is -0.256 e. The summed E-state index contributed by atoms with van der Waals surface area (Å²) >= 11 is 0. The molecule has 3 heteroatoms. The van der Waals surface area contributed by atoms with E-state index in [0.29, 0.717) is 5.82 Å². The summed E-state index contributed by atoms with van der Waals surface area (Å²) in [6.45, 7) is 0. The lowest BCUT2D eigenvalue weighted by Crippen LogP contribution is -1.96. The zero-order chi connectivity index (χ0) is 16.2. The second-order valence-electron chi connectivity index (χ2n) is 5.40. The first kappa shape index (κ1) is 14.3. The molecule has 2 aromatic carbocycles. The molecule has 24 heavy (non-hydrogen) atoms. The Hall–Kier alpha value is -3.33. The van der Waals surface area contributed by atoms with Crippen LogP contribution in [0.1, 0.15) is 0 Å². The molecule has 0 amide bonds. The van der Waals surface area contributed by atoms with E-state index in [1.807, 2.05) is 72.9 Å². The summed E-state index contributed by atoms with van der Waals surface area (Å²) in [5, 5.41) is 0. The van der Waals surface area contributed by atoms with Crippen LogP contribution < -0.4 is 0 Å². The number of nitrogens with zero attached hydrogens (tertiary/aromatic N) is 3. The molecule has 0 unspecified atom stereocenters. The second kappa shape index (κ2) is 6.42. The van der Waals surface area contributed by atoms with Gasteiger partial charge in [-0.3, -0.25) is 4.98 Å². The Kier molecular flexibility index (Phi) is 3.82. The highest BCUT2D eigenvalue weighted by Gasteiger charge is 2.13. The van der Waals surface area contributed by atoms with Gasteiger partial charge in [0.2, 0.25) is 0 Å². The molecule has 0 N–H and O–H groups in total. The van der Waals surface area contributed by atoms with Gasteiger partial charge in [-0.2, -0.15) is 0 Å². The highest BCUT2D eigenvalue weighted by atomic mass is 14.9. The molecule has 4 aromatic rings. The van der Waals surface area contributed by atoms with Crippen LogP contribution >= 0.6 is 0 Å². The van der Waals surface area contributed by atoms with Crippen molar-refractivity contribution in [3.63, 3.8) is 0 Å². The topological polar surface area (TPSA) is 38.7 Å². The largest absolute Gasteiger partial charge is 0.256 e. The van der Waals surface area contributed by atoms with Crippen LogP contribution in [0.5, 0.6) is 0 Å². The van der Waals surface area contributed by atoms with Crippen molar-refractivity contribution in [3.05, 3.63) is 91.3 Å². The van der Waals surface area contributed by atoms with Gasteiger partial charge in [-0.15, -0.1) is 0 Å². The molecule has 0 aliphatic rings. The van der Waals surface area contributed by atoms with Crippen LogP contribution in [0.4, 0.5) is 0 Å². The lowest BCUT2D eigenvalue weighted by Gasteiger charge is -2.10. The second-order valence-corrected chi connectivity index (χ2v) is 5.40. The third-order valence-electron chi connectivity index (χ3n) is 3.81. The van der Waals surface area contributed by atoms with Gasteiger partial charge in [-0.1, -0.05) is 66.7 Å². The molecule has 0 saturated heterocycles. The quantitative estimate of drug-likeness (QED) is 0.542. The number of hydrogen-bond acceptors (Lipinski definition) is 3. The van der Waals surface area contributed by atoms with Crippen molar-refractivity contribution in [2.75, 3.05) is 0 Å². The number of hydrogen-bond donors (Lipinski definition) is 0. The molecule has 0 saturated carbocycles. The van der Waals surface area contributed by atoms with Crippen molar-refractivity contribution in [1.29, 1.82) is 0 Å². The average Bonchev–Trinajstić information content (AvgIpc) is 2.69. The Morgan fingerprint density at radius 3 is 1.92 bits per heavy atom. The molecule has 0 aliphatic carbocycles. The van der Waals surface area contributed by atoms with Crippen LogP contribution in [0.25, 0.3) is 33.9 Å². The standard InChI is InChI=1S/C21H15N3/c1-3-9-16(10-4-1)20-18(19-13-7-8-14-22-19)15-23-21(24-20)17-11-5-2-6-12-17/h1-15H. The van der Waals surface area contributed by atoms with Gasteiger partial charge < -0.3 is 0 Å². The number of aromatic nitrogens is 3. The van der Waals surface area contributed by atoms with Gasteiger partial charge in [-0.05, 0) is 12.1 Å². The minimum atomic E-state index is 0.717. The third-order valence-corrected chi connectivity index (χ3v) is 3.81. The van der Waals surface area contributed by atoms with Gasteiger partial charge in [0.25, 0.3) is 0 Å². The predicted octanol–water partition coefficient (Wildman–Crippen LogP) is 4.87. The van der Waals surface area contributed by atoms with Crippen LogP contribution in [0.3, 0.4) is 0 Å². The molecule has 0 aliphatic heterocycles. The highest BCUT2D eigenvalue weighted by molar-refractivity contribution is 5.79. The molecule has 2 aromatic heterocycles. The Balaban J connectivity index is 1.92. The maximum absolute atomic E-state index is 4.84. The van der Waals surface area contributed by atoms with Crippen LogP contribution in [0, 0.1) is 0 Å². The SMILES string of the molecule is c1ccc(-c2ncc(-c3ccccn3)c(-c3ccccc3)n2)cc1. The third kappa shape index (κ3) is 2.79. The summed E-state index contributed by atoms with van der Waals surface area (Å²) in [6, 6.07) is 26.0. The van der Waals surface area contributed by atoms with Gasteiger partial charge in [0.05, 0.1) is 11.4 Å².